The Morgan fingerprint density at radius 2 is 2.10 bits per heavy atom. The third kappa shape index (κ3) is 4.70. The number of likely N-dealkylation sites (N-methyl/N-ethyl adjacent to an activating group) is 1. The Kier molecular flexibility index (Phi) is 5.96. The second-order valence-electron chi connectivity index (χ2n) is 8.06. The van der Waals surface area contributed by atoms with Crippen molar-refractivity contribution in [1.29, 1.82) is 0 Å². The molecule has 1 saturated heterocycles. The molecule has 1 aromatic carbocycles. The van der Waals surface area contributed by atoms with Crippen molar-refractivity contribution in [2.75, 3.05) is 31.6 Å². The summed E-state index contributed by atoms with van der Waals surface area (Å²) < 4.78 is 45.3. The van der Waals surface area contributed by atoms with Gasteiger partial charge in [-0.3, -0.25) is 10.2 Å². The van der Waals surface area contributed by atoms with E-state index in [1.807, 2.05) is 37.4 Å². The van der Waals surface area contributed by atoms with Crippen LogP contribution in [0, 0.1) is 0 Å². The molecule has 7 nitrogen and oxygen atoms in total. The lowest BCUT2D eigenvalue weighted by Gasteiger charge is -2.39. The molecular formula is C21H26F3N5O2. The maximum Gasteiger partial charge on any atom is 0.405 e. The molecule has 0 bridgehead atoms. The van der Waals surface area contributed by atoms with Crippen molar-refractivity contribution in [3.63, 3.8) is 0 Å². The van der Waals surface area contributed by atoms with Crippen molar-refractivity contribution in [2.45, 2.75) is 37.8 Å². The Morgan fingerprint density at radius 3 is 2.87 bits per heavy atom. The van der Waals surface area contributed by atoms with Gasteiger partial charge < -0.3 is 19.4 Å². The van der Waals surface area contributed by atoms with Crippen LogP contribution in [-0.2, 0) is 6.42 Å². The molecule has 3 unspecified atom stereocenters. The van der Waals surface area contributed by atoms with Crippen LogP contribution in [0.1, 0.15) is 24.5 Å². The van der Waals surface area contributed by atoms with Gasteiger partial charge in [0, 0.05) is 42.8 Å². The SMILES string of the molecule is CC(Cc1c[nH]c2ccccc12)NC(O)c1cnc(N2CCN(C)C(C(F)(F)F)C2)o1. The summed E-state index contributed by atoms with van der Waals surface area (Å²) in [5, 5.41) is 14.7. The Hall–Kier alpha value is -2.56. The molecule has 0 amide bonds. The maximum absolute atomic E-state index is 13.2. The highest BCUT2D eigenvalue weighted by atomic mass is 19.4. The Labute approximate surface area is 177 Å². The lowest BCUT2D eigenvalue weighted by Crippen LogP contribution is -2.57. The number of anilines is 1. The molecule has 3 atom stereocenters. The Morgan fingerprint density at radius 1 is 1.32 bits per heavy atom. The minimum Gasteiger partial charge on any atom is -0.424 e. The van der Waals surface area contributed by atoms with Crippen molar-refractivity contribution < 1.29 is 22.7 Å². The van der Waals surface area contributed by atoms with Gasteiger partial charge >= 0.3 is 6.18 Å². The topological polar surface area (TPSA) is 80.6 Å². The number of benzene rings is 1. The highest BCUT2D eigenvalue weighted by Crippen LogP contribution is 2.29. The summed E-state index contributed by atoms with van der Waals surface area (Å²) in [6, 6.07) is 6.40. The molecule has 4 rings (SSSR count). The first-order valence-electron chi connectivity index (χ1n) is 10.2. The Balaban J connectivity index is 1.38. The summed E-state index contributed by atoms with van der Waals surface area (Å²) in [5.41, 5.74) is 2.17. The van der Waals surface area contributed by atoms with E-state index in [0.29, 0.717) is 13.0 Å². The van der Waals surface area contributed by atoms with E-state index in [9.17, 15) is 18.3 Å². The lowest BCUT2D eigenvalue weighted by atomic mass is 10.1. The normalized spacial score (nSPS) is 20.3. The van der Waals surface area contributed by atoms with Gasteiger partial charge in [-0.05, 0) is 32.0 Å². The maximum atomic E-state index is 13.2. The number of rotatable bonds is 6. The van der Waals surface area contributed by atoms with Crippen molar-refractivity contribution in [3.8, 4) is 0 Å². The number of aromatic amines is 1. The van der Waals surface area contributed by atoms with Crippen LogP contribution in [-0.4, -0.2) is 64.9 Å². The summed E-state index contributed by atoms with van der Waals surface area (Å²) >= 11 is 0. The molecule has 0 saturated carbocycles. The number of piperazine rings is 1. The third-order valence-corrected chi connectivity index (χ3v) is 5.72. The zero-order chi connectivity index (χ0) is 22.2. The van der Waals surface area contributed by atoms with Gasteiger partial charge in [-0.25, -0.2) is 4.98 Å². The van der Waals surface area contributed by atoms with Gasteiger partial charge in [0.05, 0.1) is 6.20 Å². The van der Waals surface area contributed by atoms with Gasteiger partial charge in [-0.1, -0.05) is 18.2 Å². The molecule has 10 heteroatoms. The minimum atomic E-state index is -4.33. The molecule has 0 aliphatic carbocycles. The van der Waals surface area contributed by atoms with E-state index in [0.717, 1.165) is 16.5 Å². The number of para-hydroxylation sites is 1. The summed E-state index contributed by atoms with van der Waals surface area (Å²) in [6.45, 7) is 2.28. The number of aliphatic hydroxyl groups excluding tert-OH is 1. The van der Waals surface area contributed by atoms with Gasteiger partial charge in [0.25, 0.3) is 6.01 Å². The van der Waals surface area contributed by atoms with Crippen LogP contribution in [0.3, 0.4) is 0 Å². The number of halogens is 3. The van der Waals surface area contributed by atoms with Crippen molar-refractivity contribution >= 4 is 16.9 Å². The second kappa shape index (κ2) is 8.52. The van der Waals surface area contributed by atoms with Crippen LogP contribution in [0.15, 0.2) is 41.1 Å². The molecule has 3 heterocycles. The minimum absolute atomic E-state index is 0.0824. The molecule has 2 aromatic heterocycles. The molecule has 1 fully saturated rings. The van der Waals surface area contributed by atoms with Crippen LogP contribution >= 0.6 is 0 Å². The monoisotopic (exact) mass is 437 g/mol. The number of fused-ring (bicyclic) bond motifs is 1. The van der Waals surface area contributed by atoms with Crippen molar-refractivity contribution in [1.82, 2.24) is 20.2 Å². The van der Waals surface area contributed by atoms with Crippen LogP contribution in [0.25, 0.3) is 10.9 Å². The second-order valence-corrected chi connectivity index (χ2v) is 8.06. The van der Waals surface area contributed by atoms with E-state index >= 15 is 0 Å². The molecule has 0 spiro atoms. The predicted molar refractivity (Wildman–Crippen MR) is 111 cm³/mol. The number of oxazole rings is 1. The number of nitrogens with one attached hydrogen (secondary N) is 2. The Bertz CT molecular complexity index is 1020. The van der Waals surface area contributed by atoms with E-state index in [1.165, 1.54) is 23.0 Å². The van der Waals surface area contributed by atoms with Gasteiger partial charge in [-0.2, -0.15) is 13.2 Å². The number of hydrogen-bond acceptors (Lipinski definition) is 6. The van der Waals surface area contributed by atoms with Gasteiger partial charge in [0.15, 0.2) is 12.0 Å². The van der Waals surface area contributed by atoms with E-state index < -0.39 is 18.4 Å². The molecule has 1 aliphatic heterocycles. The molecule has 1 aliphatic rings. The van der Waals surface area contributed by atoms with Crippen molar-refractivity contribution in [2.24, 2.45) is 0 Å². The van der Waals surface area contributed by atoms with Gasteiger partial charge in [0.2, 0.25) is 0 Å². The fourth-order valence-electron chi connectivity index (χ4n) is 3.99. The molecular weight excluding hydrogens is 411 g/mol. The first-order chi connectivity index (χ1) is 14.7. The summed E-state index contributed by atoms with van der Waals surface area (Å²) in [5.74, 6) is 0.170. The number of H-pyrrole nitrogens is 1. The smallest absolute Gasteiger partial charge is 0.405 e. The quantitative estimate of drug-likeness (QED) is 0.515. The van der Waals surface area contributed by atoms with Gasteiger partial charge in [-0.15, -0.1) is 0 Å². The molecule has 3 N–H and O–H groups in total. The van der Waals surface area contributed by atoms with Crippen LogP contribution < -0.4 is 10.2 Å². The largest absolute Gasteiger partial charge is 0.424 e. The summed E-state index contributed by atoms with van der Waals surface area (Å²) in [7, 11) is 1.46. The standard InChI is InChI=1S/C21H26F3N5O2/c1-13(9-14-10-25-16-6-4-3-5-15(14)16)27-19(30)17-11-26-20(31-17)29-8-7-28(2)18(12-29)21(22,23)24/h3-6,10-11,13,18-19,25,27,30H,7-9,12H2,1-2H3. The fourth-order valence-corrected chi connectivity index (χ4v) is 3.99. The molecule has 3 aromatic rings. The number of alkyl halides is 3. The van der Waals surface area contributed by atoms with Crippen LogP contribution in [0.5, 0.6) is 0 Å². The zero-order valence-electron chi connectivity index (χ0n) is 17.4. The molecule has 31 heavy (non-hydrogen) atoms. The van der Waals surface area contributed by atoms with E-state index in [2.05, 4.69) is 15.3 Å². The molecule has 0 radical (unpaired) electrons. The lowest BCUT2D eigenvalue weighted by molar-refractivity contribution is -0.180. The summed E-state index contributed by atoms with van der Waals surface area (Å²) in [4.78, 5) is 10.1. The number of hydrogen-bond donors (Lipinski definition) is 3. The predicted octanol–water partition coefficient (Wildman–Crippen LogP) is 3.05. The first-order valence-corrected chi connectivity index (χ1v) is 10.2. The van der Waals surface area contributed by atoms with Crippen LogP contribution in [0.2, 0.25) is 0 Å². The number of nitrogens with zero attached hydrogens (tertiary/aromatic N) is 3. The number of aromatic nitrogens is 2. The average molecular weight is 437 g/mol. The van der Waals surface area contributed by atoms with Gasteiger partial charge in [0.1, 0.15) is 6.04 Å². The number of aliphatic hydroxyl groups is 1. The fraction of sp³-hybridized carbons (Fsp3) is 0.476. The van der Waals surface area contributed by atoms with E-state index in [4.69, 9.17) is 4.42 Å². The third-order valence-electron chi connectivity index (χ3n) is 5.72. The van der Waals surface area contributed by atoms with E-state index in [-0.39, 0.29) is 30.9 Å². The van der Waals surface area contributed by atoms with E-state index in [1.54, 1.807) is 0 Å². The highest BCUT2D eigenvalue weighted by Gasteiger charge is 2.45. The first kappa shape index (κ1) is 21.7. The van der Waals surface area contributed by atoms with Crippen LogP contribution in [0.4, 0.5) is 19.2 Å². The highest BCUT2D eigenvalue weighted by molar-refractivity contribution is 5.83. The average Bonchev–Trinajstić information content (AvgIpc) is 3.35. The molecule has 168 valence electrons. The van der Waals surface area contributed by atoms with Crippen molar-refractivity contribution in [3.05, 3.63) is 48.0 Å². The zero-order valence-corrected chi connectivity index (χ0v) is 17.4. The summed E-state index contributed by atoms with van der Waals surface area (Å²) in [6.07, 6.45) is -1.47.